The van der Waals surface area contributed by atoms with Crippen molar-refractivity contribution in [3.05, 3.63) is 35.1 Å². The molecule has 1 aliphatic rings. The Morgan fingerprint density at radius 3 is 2.52 bits per heavy atom. The largest absolute Gasteiger partial charge is 0.409 e. The lowest BCUT2D eigenvalue weighted by atomic mass is 10.1. The molecule has 0 atom stereocenters. The Hall–Kier alpha value is -1.66. The van der Waals surface area contributed by atoms with Crippen LogP contribution in [0.25, 0.3) is 0 Å². The molecule has 1 aliphatic heterocycles. The molecule has 0 saturated carbocycles. The Bertz CT molecular complexity index is 498. The Labute approximate surface area is 124 Å². The quantitative estimate of drug-likeness (QED) is 0.373. The number of rotatable bonds is 5. The molecule has 0 amide bonds. The second kappa shape index (κ2) is 7.38. The highest BCUT2D eigenvalue weighted by atomic mass is 19.1. The molecular formula is C15H23FN4O. The van der Waals surface area contributed by atoms with Gasteiger partial charge in [0, 0.05) is 38.3 Å². The third-order valence-electron chi connectivity index (χ3n) is 3.77. The van der Waals surface area contributed by atoms with Crippen molar-refractivity contribution < 1.29 is 9.60 Å². The van der Waals surface area contributed by atoms with Crippen LogP contribution in [0.4, 0.5) is 4.39 Å². The number of hydrogen-bond donors (Lipinski definition) is 2. The van der Waals surface area contributed by atoms with Gasteiger partial charge >= 0.3 is 0 Å². The minimum absolute atomic E-state index is 0.0662. The van der Waals surface area contributed by atoms with E-state index in [0.29, 0.717) is 12.1 Å². The first-order valence-electron chi connectivity index (χ1n) is 7.34. The molecule has 1 aromatic rings. The van der Waals surface area contributed by atoms with Crippen molar-refractivity contribution in [2.24, 2.45) is 10.9 Å². The fourth-order valence-corrected chi connectivity index (χ4v) is 2.69. The third-order valence-corrected chi connectivity index (χ3v) is 3.77. The highest BCUT2D eigenvalue weighted by molar-refractivity contribution is 5.97. The summed E-state index contributed by atoms with van der Waals surface area (Å²) in [5.74, 6) is -0.428. The molecule has 0 unspecified atom stereocenters. The van der Waals surface area contributed by atoms with Crippen LogP contribution < -0.4 is 5.73 Å². The summed E-state index contributed by atoms with van der Waals surface area (Å²) in [6, 6.07) is 4.56. The predicted molar refractivity (Wildman–Crippen MR) is 80.9 cm³/mol. The number of benzene rings is 1. The molecule has 1 heterocycles. The van der Waals surface area contributed by atoms with Gasteiger partial charge in [0.25, 0.3) is 0 Å². The van der Waals surface area contributed by atoms with Crippen molar-refractivity contribution in [3.8, 4) is 0 Å². The fourth-order valence-electron chi connectivity index (χ4n) is 2.69. The first-order chi connectivity index (χ1) is 10.1. The van der Waals surface area contributed by atoms with Crippen LogP contribution >= 0.6 is 0 Å². The van der Waals surface area contributed by atoms with Gasteiger partial charge in [-0.15, -0.1) is 0 Å². The molecule has 21 heavy (non-hydrogen) atoms. The van der Waals surface area contributed by atoms with E-state index in [0.717, 1.165) is 38.3 Å². The summed E-state index contributed by atoms with van der Waals surface area (Å²) in [5, 5.41) is 11.6. The van der Waals surface area contributed by atoms with E-state index in [1.54, 1.807) is 6.07 Å². The summed E-state index contributed by atoms with van der Waals surface area (Å²) in [6.45, 7) is 8.08. The molecule has 5 nitrogen and oxygen atoms in total. The summed E-state index contributed by atoms with van der Waals surface area (Å²) in [6.07, 6.45) is 1.17. The van der Waals surface area contributed by atoms with Gasteiger partial charge in [0.1, 0.15) is 5.82 Å². The first-order valence-corrected chi connectivity index (χ1v) is 7.34. The maximum absolute atomic E-state index is 13.6. The number of nitrogens with zero attached hydrogens (tertiary/aromatic N) is 3. The van der Waals surface area contributed by atoms with Crippen LogP contribution in [0.1, 0.15) is 24.5 Å². The van der Waals surface area contributed by atoms with Crippen molar-refractivity contribution in [1.82, 2.24) is 9.80 Å². The van der Waals surface area contributed by atoms with E-state index < -0.39 is 0 Å². The molecule has 2 rings (SSSR count). The molecule has 1 saturated heterocycles. The van der Waals surface area contributed by atoms with Crippen molar-refractivity contribution in [1.29, 1.82) is 0 Å². The van der Waals surface area contributed by atoms with Crippen LogP contribution in [0.2, 0.25) is 0 Å². The minimum Gasteiger partial charge on any atom is -0.409 e. The lowest BCUT2D eigenvalue weighted by molar-refractivity contribution is 0.127. The van der Waals surface area contributed by atoms with Crippen LogP contribution in [-0.4, -0.2) is 53.6 Å². The topological polar surface area (TPSA) is 65.1 Å². The first kappa shape index (κ1) is 15.7. The van der Waals surface area contributed by atoms with Crippen LogP contribution in [-0.2, 0) is 6.54 Å². The molecule has 3 N–H and O–H groups in total. The molecule has 0 spiro atoms. The molecule has 0 aliphatic carbocycles. The number of nitrogens with two attached hydrogens (primary N) is 1. The van der Waals surface area contributed by atoms with Crippen LogP contribution in [0.3, 0.4) is 0 Å². The van der Waals surface area contributed by atoms with E-state index in [9.17, 15) is 4.39 Å². The maximum Gasteiger partial charge on any atom is 0.170 e. The Morgan fingerprint density at radius 2 is 1.90 bits per heavy atom. The zero-order chi connectivity index (χ0) is 15.2. The van der Waals surface area contributed by atoms with Crippen molar-refractivity contribution in [2.75, 3.05) is 32.7 Å². The zero-order valence-electron chi connectivity index (χ0n) is 12.4. The van der Waals surface area contributed by atoms with Crippen molar-refractivity contribution in [2.45, 2.75) is 19.9 Å². The van der Waals surface area contributed by atoms with Gasteiger partial charge < -0.3 is 15.8 Å². The van der Waals surface area contributed by atoms with Crippen molar-refractivity contribution >= 4 is 5.84 Å². The third kappa shape index (κ3) is 4.41. The second-order valence-electron chi connectivity index (χ2n) is 5.45. The molecule has 0 bridgehead atoms. The number of piperazine rings is 1. The molecule has 116 valence electrons. The summed E-state index contributed by atoms with van der Waals surface area (Å²) in [4.78, 5) is 4.75. The summed E-state index contributed by atoms with van der Waals surface area (Å²) < 4.78 is 13.6. The van der Waals surface area contributed by atoms with E-state index in [2.05, 4.69) is 21.9 Å². The average molecular weight is 294 g/mol. The Kier molecular flexibility index (Phi) is 5.52. The lowest BCUT2D eigenvalue weighted by Gasteiger charge is -2.34. The Morgan fingerprint density at radius 1 is 1.24 bits per heavy atom. The SMILES string of the molecule is CCCN1CCN(Cc2cc(F)cc(/C(N)=N/O)c2)CC1. The summed E-state index contributed by atoms with van der Waals surface area (Å²) in [7, 11) is 0. The van der Waals surface area contributed by atoms with Gasteiger partial charge in [-0.1, -0.05) is 12.1 Å². The fraction of sp³-hybridized carbons (Fsp3) is 0.533. The van der Waals surface area contributed by atoms with Gasteiger partial charge in [0.15, 0.2) is 5.84 Å². The number of amidine groups is 1. The normalized spacial score (nSPS) is 18.1. The zero-order valence-corrected chi connectivity index (χ0v) is 12.4. The van der Waals surface area contributed by atoms with E-state index in [1.165, 1.54) is 18.6 Å². The monoisotopic (exact) mass is 294 g/mol. The maximum atomic E-state index is 13.6. The summed E-state index contributed by atoms with van der Waals surface area (Å²) >= 11 is 0. The van der Waals surface area contributed by atoms with Crippen LogP contribution in [0, 0.1) is 5.82 Å². The van der Waals surface area contributed by atoms with E-state index in [-0.39, 0.29) is 11.7 Å². The van der Waals surface area contributed by atoms with Crippen molar-refractivity contribution in [3.63, 3.8) is 0 Å². The standard InChI is InChI=1S/C15H23FN4O/c1-2-3-19-4-6-20(7-5-19)11-12-8-13(15(17)18-21)10-14(16)9-12/h8-10,21H,2-7,11H2,1H3,(H2,17,18). The molecule has 6 heteroatoms. The smallest absolute Gasteiger partial charge is 0.170 e. The summed E-state index contributed by atoms with van der Waals surface area (Å²) in [5.41, 5.74) is 6.79. The van der Waals surface area contributed by atoms with E-state index in [4.69, 9.17) is 10.9 Å². The highest BCUT2D eigenvalue weighted by Crippen LogP contribution is 2.13. The number of hydrogen-bond acceptors (Lipinski definition) is 4. The molecular weight excluding hydrogens is 271 g/mol. The minimum atomic E-state index is -0.362. The predicted octanol–water partition coefficient (Wildman–Crippen LogP) is 1.45. The number of halogens is 1. The highest BCUT2D eigenvalue weighted by Gasteiger charge is 2.16. The van der Waals surface area contributed by atoms with Gasteiger partial charge in [0.2, 0.25) is 0 Å². The molecule has 1 fully saturated rings. The molecule has 1 aromatic carbocycles. The van der Waals surface area contributed by atoms with Gasteiger partial charge in [-0.2, -0.15) is 0 Å². The van der Waals surface area contributed by atoms with Gasteiger partial charge in [-0.3, -0.25) is 4.90 Å². The van der Waals surface area contributed by atoms with E-state index >= 15 is 0 Å². The molecule has 0 aromatic heterocycles. The average Bonchev–Trinajstić information content (AvgIpc) is 2.48. The van der Waals surface area contributed by atoms with Crippen LogP contribution in [0.5, 0.6) is 0 Å². The van der Waals surface area contributed by atoms with Gasteiger partial charge in [-0.05, 0) is 36.7 Å². The van der Waals surface area contributed by atoms with Gasteiger partial charge in [-0.25, -0.2) is 4.39 Å². The molecule has 0 radical (unpaired) electrons. The van der Waals surface area contributed by atoms with Crippen LogP contribution in [0.15, 0.2) is 23.4 Å². The second-order valence-corrected chi connectivity index (χ2v) is 5.45. The number of oxime groups is 1. The van der Waals surface area contributed by atoms with E-state index in [1.807, 2.05) is 0 Å². The Balaban J connectivity index is 1.99. The van der Waals surface area contributed by atoms with Gasteiger partial charge in [0.05, 0.1) is 0 Å². The lowest BCUT2D eigenvalue weighted by Crippen LogP contribution is -2.46.